The molecule has 0 radical (unpaired) electrons. The molecule has 0 fully saturated rings. The average molecular weight is 178 g/mol. The van der Waals surface area contributed by atoms with E-state index in [4.69, 9.17) is 5.26 Å². The zero-order chi connectivity index (χ0) is 9.68. The van der Waals surface area contributed by atoms with Crippen LogP contribution in [0.3, 0.4) is 0 Å². The Morgan fingerprint density at radius 1 is 1.69 bits per heavy atom. The quantitative estimate of drug-likeness (QED) is 0.682. The summed E-state index contributed by atoms with van der Waals surface area (Å²) in [5, 5.41) is 12.7. The van der Waals surface area contributed by atoms with Crippen LogP contribution in [-0.4, -0.2) is 34.3 Å². The van der Waals surface area contributed by atoms with E-state index >= 15 is 0 Å². The number of hydrogen-bond donors (Lipinski definition) is 0. The van der Waals surface area contributed by atoms with Gasteiger partial charge in [-0.2, -0.15) is 10.4 Å². The highest BCUT2D eigenvalue weighted by atomic mass is 15.3. The molecule has 1 rings (SSSR count). The van der Waals surface area contributed by atoms with Crippen molar-refractivity contribution in [2.24, 2.45) is 0 Å². The van der Waals surface area contributed by atoms with Crippen molar-refractivity contribution in [3.63, 3.8) is 0 Å². The zero-order valence-electron chi connectivity index (χ0n) is 8.01. The maximum Gasteiger partial charge on any atom is 0.0947 e. The highest BCUT2D eigenvalue weighted by Gasteiger charge is 2.06. The molecule has 0 bridgehead atoms. The molecule has 1 aromatic rings. The molecule has 13 heavy (non-hydrogen) atoms. The fraction of sp³-hybridized carbons (Fsp3) is 0.556. The minimum atomic E-state index is -0.0319. The lowest BCUT2D eigenvalue weighted by Crippen LogP contribution is -2.30. The van der Waals surface area contributed by atoms with Gasteiger partial charge in [-0.3, -0.25) is 9.58 Å². The molecule has 0 aliphatic rings. The van der Waals surface area contributed by atoms with E-state index in [0.29, 0.717) is 0 Å². The second-order valence-corrected chi connectivity index (χ2v) is 3.05. The van der Waals surface area contributed by atoms with Crippen molar-refractivity contribution in [1.82, 2.24) is 14.7 Å². The first-order chi connectivity index (χ1) is 6.24. The molecule has 0 saturated carbocycles. The van der Waals surface area contributed by atoms with E-state index in [2.05, 4.69) is 11.2 Å². The lowest BCUT2D eigenvalue weighted by molar-refractivity contribution is 0.284. The number of nitriles is 1. The first kappa shape index (κ1) is 9.75. The van der Waals surface area contributed by atoms with Crippen LogP contribution in [0.15, 0.2) is 18.5 Å². The second-order valence-electron chi connectivity index (χ2n) is 3.05. The van der Waals surface area contributed by atoms with E-state index in [1.807, 2.05) is 35.8 Å². The van der Waals surface area contributed by atoms with Crippen LogP contribution in [0.1, 0.15) is 6.92 Å². The van der Waals surface area contributed by atoms with Crippen molar-refractivity contribution < 1.29 is 0 Å². The van der Waals surface area contributed by atoms with E-state index in [-0.39, 0.29) is 6.04 Å². The normalized spacial score (nSPS) is 12.8. The predicted molar refractivity (Wildman–Crippen MR) is 49.9 cm³/mol. The maximum atomic E-state index is 8.65. The van der Waals surface area contributed by atoms with Crippen LogP contribution in [0.5, 0.6) is 0 Å². The summed E-state index contributed by atoms with van der Waals surface area (Å²) in [5.41, 5.74) is 0. The Bertz CT molecular complexity index is 272. The van der Waals surface area contributed by atoms with Crippen molar-refractivity contribution in [2.45, 2.75) is 19.5 Å². The summed E-state index contributed by atoms with van der Waals surface area (Å²) in [5.74, 6) is 0. The molecule has 0 N–H and O–H groups in total. The Morgan fingerprint density at radius 3 is 3.00 bits per heavy atom. The van der Waals surface area contributed by atoms with Gasteiger partial charge in [0.15, 0.2) is 0 Å². The molecule has 4 nitrogen and oxygen atoms in total. The average Bonchev–Trinajstić information content (AvgIpc) is 2.65. The van der Waals surface area contributed by atoms with Gasteiger partial charge < -0.3 is 0 Å². The van der Waals surface area contributed by atoms with Crippen LogP contribution >= 0.6 is 0 Å². The molecule has 0 aliphatic heterocycles. The lowest BCUT2D eigenvalue weighted by Gasteiger charge is -2.18. The van der Waals surface area contributed by atoms with E-state index in [0.717, 1.165) is 13.1 Å². The van der Waals surface area contributed by atoms with Gasteiger partial charge in [-0.15, -0.1) is 0 Å². The largest absolute Gasteiger partial charge is 0.290 e. The highest BCUT2D eigenvalue weighted by Crippen LogP contribution is 1.94. The van der Waals surface area contributed by atoms with E-state index in [1.54, 1.807) is 6.20 Å². The molecule has 0 aliphatic carbocycles. The number of aromatic nitrogens is 2. The fourth-order valence-electron chi connectivity index (χ4n) is 0.985. The van der Waals surface area contributed by atoms with Gasteiger partial charge in [0.1, 0.15) is 0 Å². The van der Waals surface area contributed by atoms with Crippen LogP contribution < -0.4 is 0 Å². The molecule has 70 valence electrons. The SMILES string of the molecule is CC(C#N)N(C)CCn1cccn1. The Morgan fingerprint density at radius 2 is 2.46 bits per heavy atom. The van der Waals surface area contributed by atoms with Gasteiger partial charge in [0.05, 0.1) is 18.7 Å². The number of nitrogens with zero attached hydrogens (tertiary/aromatic N) is 4. The van der Waals surface area contributed by atoms with Gasteiger partial charge in [0, 0.05) is 18.9 Å². The number of likely N-dealkylation sites (N-methyl/N-ethyl adjacent to an activating group) is 1. The van der Waals surface area contributed by atoms with Gasteiger partial charge in [0.2, 0.25) is 0 Å². The van der Waals surface area contributed by atoms with Crippen molar-refractivity contribution in [3.8, 4) is 6.07 Å². The van der Waals surface area contributed by atoms with E-state index < -0.39 is 0 Å². The summed E-state index contributed by atoms with van der Waals surface area (Å²) in [6, 6.07) is 4.06. The molecule has 0 saturated heterocycles. The van der Waals surface area contributed by atoms with Crippen molar-refractivity contribution in [2.75, 3.05) is 13.6 Å². The van der Waals surface area contributed by atoms with Gasteiger partial charge in [-0.25, -0.2) is 0 Å². The molecule has 1 atom stereocenters. The number of hydrogen-bond acceptors (Lipinski definition) is 3. The van der Waals surface area contributed by atoms with Crippen LogP contribution in [0.4, 0.5) is 0 Å². The Balaban J connectivity index is 2.31. The summed E-state index contributed by atoms with van der Waals surface area (Å²) in [7, 11) is 1.94. The third-order valence-corrected chi connectivity index (χ3v) is 2.09. The molecular formula is C9H14N4. The summed E-state index contributed by atoms with van der Waals surface area (Å²) < 4.78 is 1.86. The molecule has 1 heterocycles. The Hall–Kier alpha value is -1.34. The van der Waals surface area contributed by atoms with E-state index in [1.165, 1.54) is 0 Å². The first-order valence-electron chi connectivity index (χ1n) is 4.31. The Labute approximate surface area is 78.4 Å². The molecule has 4 heteroatoms. The zero-order valence-corrected chi connectivity index (χ0v) is 8.01. The monoisotopic (exact) mass is 178 g/mol. The summed E-state index contributed by atoms with van der Waals surface area (Å²) in [4.78, 5) is 2.00. The molecule has 1 aromatic heterocycles. The summed E-state index contributed by atoms with van der Waals surface area (Å²) >= 11 is 0. The molecule has 0 spiro atoms. The van der Waals surface area contributed by atoms with Crippen LogP contribution in [0.2, 0.25) is 0 Å². The summed E-state index contributed by atoms with van der Waals surface area (Å²) in [6.45, 7) is 3.56. The van der Waals surface area contributed by atoms with Gasteiger partial charge >= 0.3 is 0 Å². The highest BCUT2D eigenvalue weighted by molar-refractivity contribution is 4.86. The van der Waals surface area contributed by atoms with Crippen LogP contribution in [-0.2, 0) is 6.54 Å². The predicted octanol–water partition coefficient (Wildman–Crippen LogP) is 0.727. The smallest absolute Gasteiger partial charge is 0.0947 e. The maximum absolute atomic E-state index is 8.65. The lowest BCUT2D eigenvalue weighted by atomic mass is 10.3. The minimum Gasteiger partial charge on any atom is -0.290 e. The van der Waals surface area contributed by atoms with Gasteiger partial charge in [0.25, 0.3) is 0 Å². The third kappa shape index (κ3) is 2.88. The molecule has 1 unspecified atom stereocenters. The number of rotatable bonds is 4. The fourth-order valence-corrected chi connectivity index (χ4v) is 0.985. The summed E-state index contributed by atoms with van der Waals surface area (Å²) in [6.07, 6.45) is 3.68. The minimum absolute atomic E-state index is 0.0319. The molecule has 0 amide bonds. The van der Waals surface area contributed by atoms with Gasteiger partial charge in [-0.05, 0) is 20.0 Å². The standard InChI is InChI=1S/C9H14N4/c1-9(8-10)12(2)6-7-13-5-3-4-11-13/h3-5,9H,6-7H2,1-2H3. The topological polar surface area (TPSA) is 44.9 Å². The first-order valence-corrected chi connectivity index (χ1v) is 4.31. The molecular weight excluding hydrogens is 164 g/mol. The van der Waals surface area contributed by atoms with Crippen molar-refractivity contribution in [1.29, 1.82) is 5.26 Å². The van der Waals surface area contributed by atoms with E-state index in [9.17, 15) is 0 Å². The third-order valence-electron chi connectivity index (χ3n) is 2.09. The van der Waals surface area contributed by atoms with Crippen molar-refractivity contribution >= 4 is 0 Å². The van der Waals surface area contributed by atoms with Gasteiger partial charge in [-0.1, -0.05) is 0 Å². The van der Waals surface area contributed by atoms with Crippen LogP contribution in [0.25, 0.3) is 0 Å². The Kier molecular flexibility index (Phi) is 3.47. The van der Waals surface area contributed by atoms with Crippen molar-refractivity contribution in [3.05, 3.63) is 18.5 Å². The molecule has 0 aromatic carbocycles. The van der Waals surface area contributed by atoms with Crippen LogP contribution in [0, 0.1) is 11.3 Å². The second kappa shape index (κ2) is 4.63.